The van der Waals surface area contributed by atoms with Gasteiger partial charge >= 0.3 is 0 Å². The first kappa shape index (κ1) is 14.0. The smallest absolute Gasteiger partial charge is 0.276 e. The van der Waals surface area contributed by atoms with Gasteiger partial charge in [0.2, 0.25) is 0 Å². The van der Waals surface area contributed by atoms with Gasteiger partial charge in [-0.25, -0.2) is 0 Å². The lowest BCUT2D eigenvalue weighted by Gasteiger charge is -2.08. The molecule has 17 heavy (non-hydrogen) atoms. The van der Waals surface area contributed by atoms with E-state index in [-0.39, 0.29) is 10.6 Å². The van der Waals surface area contributed by atoms with Crippen molar-refractivity contribution in [3.05, 3.63) is 33.9 Å². The molecular weight excluding hydrogens is 286 g/mol. The van der Waals surface area contributed by atoms with Crippen LogP contribution in [0.1, 0.15) is 24.8 Å². The van der Waals surface area contributed by atoms with Gasteiger partial charge in [0.15, 0.2) is 0 Å². The van der Waals surface area contributed by atoms with Crippen LogP contribution in [0.3, 0.4) is 0 Å². The van der Waals surface area contributed by atoms with Gasteiger partial charge in [0.05, 0.1) is 17.1 Å². The largest absolute Gasteiger partial charge is 0.493 e. The van der Waals surface area contributed by atoms with Crippen molar-refractivity contribution >= 4 is 21.6 Å². The van der Waals surface area contributed by atoms with E-state index in [0.29, 0.717) is 17.9 Å². The Bertz CT molecular complexity index is 382. The third-order valence-electron chi connectivity index (χ3n) is 2.49. The number of benzene rings is 1. The number of ether oxygens (including phenoxy) is 1. The summed E-state index contributed by atoms with van der Waals surface area (Å²) in [5.74, 6) is 0.609. The Morgan fingerprint density at radius 3 is 2.76 bits per heavy atom. The van der Waals surface area contributed by atoms with Crippen molar-refractivity contribution in [1.29, 1.82) is 0 Å². The van der Waals surface area contributed by atoms with Crippen molar-refractivity contribution in [2.24, 2.45) is 0 Å². The first-order valence-corrected chi connectivity index (χ1v) is 6.71. The van der Waals surface area contributed by atoms with Crippen LogP contribution < -0.4 is 4.74 Å². The molecule has 1 aromatic rings. The second-order valence-corrected chi connectivity index (χ2v) is 4.55. The van der Waals surface area contributed by atoms with E-state index in [1.807, 2.05) is 0 Å². The number of nitrogens with zero attached hydrogens (tertiary/aromatic N) is 1. The third-order valence-corrected chi connectivity index (χ3v) is 3.05. The van der Waals surface area contributed by atoms with E-state index >= 15 is 0 Å². The van der Waals surface area contributed by atoms with Crippen LogP contribution in [0, 0.1) is 17.0 Å². The van der Waals surface area contributed by atoms with Gasteiger partial charge in [0.25, 0.3) is 5.69 Å². The van der Waals surface area contributed by atoms with Crippen molar-refractivity contribution in [2.45, 2.75) is 26.2 Å². The molecule has 0 aliphatic carbocycles. The minimum Gasteiger partial charge on any atom is -0.493 e. The molecule has 0 atom stereocenters. The van der Waals surface area contributed by atoms with E-state index in [0.717, 1.165) is 24.6 Å². The number of nitro groups is 1. The van der Waals surface area contributed by atoms with E-state index in [2.05, 4.69) is 15.9 Å². The molecule has 0 aliphatic rings. The molecule has 0 saturated heterocycles. The Kier molecular flexibility index (Phi) is 5.97. The van der Waals surface area contributed by atoms with E-state index in [1.54, 1.807) is 19.1 Å². The molecule has 94 valence electrons. The minimum atomic E-state index is -0.382. The third kappa shape index (κ3) is 4.34. The molecule has 5 heteroatoms. The minimum absolute atomic E-state index is 0.114. The zero-order chi connectivity index (χ0) is 12.7. The predicted molar refractivity (Wildman–Crippen MR) is 71.0 cm³/mol. The summed E-state index contributed by atoms with van der Waals surface area (Å²) < 4.78 is 5.55. The van der Waals surface area contributed by atoms with Gasteiger partial charge < -0.3 is 4.74 Å². The Morgan fingerprint density at radius 2 is 2.12 bits per heavy atom. The Hall–Kier alpha value is -1.10. The van der Waals surface area contributed by atoms with Crippen LogP contribution in [0.25, 0.3) is 0 Å². The summed E-state index contributed by atoms with van der Waals surface area (Å²) >= 11 is 3.37. The van der Waals surface area contributed by atoms with Crippen molar-refractivity contribution in [3.63, 3.8) is 0 Å². The molecule has 0 heterocycles. The second-order valence-electron chi connectivity index (χ2n) is 3.76. The van der Waals surface area contributed by atoms with Crippen molar-refractivity contribution < 1.29 is 9.66 Å². The van der Waals surface area contributed by atoms with Gasteiger partial charge in [-0.1, -0.05) is 22.0 Å². The molecule has 0 bridgehead atoms. The Morgan fingerprint density at radius 1 is 1.35 bits per heavy atom. The van der Waals surface area contributed by atoms with Crippen LogP contribution >= 0.6 is 15.9 Å². The summed E-state index contributed by atoms with van der Waals surface area (Å²) in [6.45, 7) is 2.32. The maximum atomic E-state index is 10.7. The summed E-state index contributed by atoms with van der Waals surface area (Å²) in [7, 11) is 0. The highest BCUT2D eigenvalue weighted by atomic mass is 79.9. The number of nitro benzene ring substituents is 1. The number of halogens is 1. The van der Waals surface area contributed by atoms with Gasteiger partial charge in [-0.05, 0) is 32.3 Å². The van der Waals surface area contributed by atoms with E-state index in [4.69, 9.17) is 4.74 Å². The standard InChI is InChI=1S/C12H16BrNO3/c1-10-11(14(15)16)6-5-7-12(10)17-9-4-2-3-8-13/h5-7H,2-4,8-9H2,1H3. The molecule has 1 rings (SSSR count). The number of rotatable bonds is 7. The van der Waals surface area contributed by atoms with Crippen LogP contribution in [-0.2, 0) is 0 Å². The first-order chi connectivity index (χ1) is 8.16. The highest BCUT2D eigenvalue weighted by molar-refractivity contribution is 9.09. The summed E-state index contributed by atoms with van der Waals surface area (Å²) in [5, 5.41) is 11.7. The zero-order valence-corrected chi connectivity index (χ0v) is 11.4. The Labute approximate surface area is 109 Å². The normalized spacial score (nSPS) is 10.2. The monoisotopic (exact) mass is 301 g/mol. The molecule has 1 aromatic carbocycles. The molecule has 0 amide bonds. The number of hydrogen-bond acceptors (Lipinski definition) is 3. The average molecular weight is 302 g/mol. The first-order valence-electron chi connectivity index (χ1n) is 5.59. The highest BCUT2D eigenvalue weighted by Gasteiger charge is 2.13. The molecule has 0 saturated carbocycles. The molecule has 0 spiro atoms. The summed E-state index contributed by atoms with van der Waals surface area (Å²) in [6.07, 6.45) is 3.18. The molecule has 0 aromatic heterocycles. The molecule has 4 nitrogen and oxygen atoms in total. The Balaban J connectivity index is 2.54. The van der Waals surface area contributed by atoms with Gasteiger partial charge in [0.1, 0.15) is 5.75 Å². The fraction of sp³-hybridized carbons (Fsp3) is 0.500. The predicted octanol–water partition coefficient (Wildman–Crippen LogP) is 3.85. The second kappa shape index (κ2) is 7.27. The lowest BCUT2D eigenvalue weighted by Crippen LogP contribution is -2.01. The summed E-state index contributed by atoms with van der Waals surface area (Å²) in [5.41, 5.74) is 0.709. The fourth-order valence-electron chi connectivity index (χ4n) is 1.51. The fourth-order valence-corrected chi connectivity index (χ4v) is 1.91. The average Bonchev–Trinajstić information content (AvgIpc) is 2.30. The van der Waals surface area contributed by atoms with E-state index in [1.165, 1.54) is 6.07 Å². The van der Waals surface area contributed by atoms with Gasteiger partial charge in [-0.15, -0.1) is 0 Å². The molecule has 0 fully saturated rings. The molecule has 0 radical (unpaired) electrons. The van der Waals surface area contributed by atoms with Gasteiger partial charge in [-0.2, -0.15) is 0 Å². The van der Waals surface area contributed by atoms with Crippen LogP contribution in [0.4, 0.5) is 5.69 Å². The number of unbranched alkanes of at least 4 members (excludes halogenated alkanes) is 2. The zero-order valence-electron chi connectivity index (χ0n) is 9.82. The van der Waals surface area contributed by atoms with Crippen LogP contribution in [0.2, 0.25) is 0 Å². The molecule has 0 unspecified atom stereocenters. The quantitative estimate of drug-likeness (QED) is 0.333. The number of hydrogen-bond donors (Lipinski definition) is 0. The van der Waals surface area contributed by atoms with Crippen LogP contribution in [0.5, 0.6) is 5.75 Å². The highest BCUT2D eigenvalue weighted by Crippen LogP contribution is 2.27. The lowest BCUT2D eigenvalue weighted by atomic mass is 10.2. The van der Waals surface area contributed by atoms with Crippen molar-refractivity contribution in [3.8, 4) is 5.75 Å². The van der Waals surface area contributed by atoms with Crippen LogP contribution in [0.15, 0.2) is 18.2 Å². The van der Waals surface area contributed by atoms with E-state index < -0.39 is 0 Å². The summed E-state index contributed by atoms with van der Waals surface area (Å²) in [4.78, 5) is 10.4. The van der Waals surface area contributed by atoms with E-state index in [9.17, 15) is 10.1 Å². The van der Waals surface area contributed by atoms with Crippen LogP contribution in [-0.4, -0.2) is 16.9 Å². The number of alkyl halides is 1. The maximum absolute atomic E-state index is 10.7. The van der Waals surface area contributed by atoms with Gasteiger partial charge in [0, 0.05) is 11.4 Å². The van der Waals surface area contributed by atoms with Crippen molar-refractivity contribution in [2.75, 3.05) is 11.9 Å². The summed E-state index contributed by atoms with van der Waals surface area (Å²) in [6, 6.07) is 4.92. The van der Waals surface area contributed by atoms with Crippen molar-refractivity contribution in [1.82, 2.24) is 0 Å². The topological polar surface area (TPSA) is 52.4 Å². The van der Waals surface area contributed by atoms with Gasteiger partial charge in [-0.3, -0.25) is 10.1 Å². The lowest BCUT2D eigenvalue weighted by molar-refractivity contribution is -0.385. The molecule has 0 N–H and O–H groups in total. The molecule has 0 aliphatic heterocycles. The maximum Gasteiger partial charge on any atom is 0.276 e. The molecular formula is C12H16BrNO3. The SMILES string of the molecule is Cc1c(OCCCCCBr)cccc1[N+](=O)[O-].